The lowest BCUT2D eigenvalue weighted by molar-refractivity contribution is 0.750. The summed E-state index contributed by atoms with van der Waals surface area (Å²) in [6.45, 7) is 0. The number of hydrogen-bond acceptors (Lipinski definition) is 3. The first-order valence-electron chi connectivity index (χ1n) is 3.91. The van der Waals surface area contributed by atoms with Crippen LogP contribution in [0, 0.1) is 0 Å². The third kappa shape index (κ3) is 2.09. The van der Waals surface area contributed by atoms with Crippen LogP contribution < -0.4 is 5.73 Å². The average Bonchev–Trinajstić information content (AvgIpc) is 2.46. The van der Waals surface area contributed by atoms with Gasteiger partial charge in [0.1, 0.15) is 5.69 Å². The van der Waals surface area contributed by atoms with E-state index in [4.69, 9.17) is 28.9 Å². The summed E-state index contributed by atoms with van der Waals surface area (Å²) in [6.07, 6.45) is 0. The maximum Gasteiger partial charge on any atom is 0.181 e. The molecule has 15 heavy (non-hydrogen) atoms. The van der Waals surface area contributed by atoms with Crippen LogP contribution in [0.5, 0.6) is 0 Å². The Morgan fingerprint density at radius 3 is 2.53 bits per heavy atom. The van der Waals surface area contributed by atoms with Crippen LogP contribution in [0.2, 0.25) is 10.0 Å². The standard InChI is InChI=1S/C8H5BrCl2N4/c9-7-8(12)14-15(13-7)6-2-1-4(10)3-5(6)11/h1-3H,(H2,12,14). The molecule has 0 radical (unpaired) electrons. The van der Waals surface area contributed by atoms with E-state index in [2.05, 4.69) is 26.1 Å². The summed E-state index contributed by atoms with van der Waals surface area (Å²) < 4.78 is 0.480. The van der Waals surface area contributed by atoms with E-state index in [0.717, 1.165) is 0 Å². The minimum atomic E-state index is 0.306. The van der Waals surface area contributed by atoms with Crippen LogP contribution in [-0.4, -0.2) is 15.0 Å². The Morgan fingerprint density at radius 1 is 1.27 bits per heavy atom. The first-order chi connectivity index (χ1) is 7.08. The van der Waals surface area contributed by atoms with Crippen molar-refractivity contribution < 1.29 is 0 Å². The molecule has 1 aromatic heterocycles. The summed E-state index contributed by atoms with van der Waals surface area (Å²) >= 11 is 14.9. The molecule has 7 heteroatoms. The van der Waals surface area contributed by atoms with Gasteiger partial charge in [-0.15, -0.1) is 15.0 Å². The number of aromatic nitrogens is 3. The van der Waals surface area contributed by atoms with Crippen molar-refractivity contribution in [3.05, 3.63) is 32.8 Å². The molecule has 4 nitrogen and oxygen atoms in total. The molecule has 1 heterocycles. The minimum absolute atomic E-state index is 0.306. The molecule has 0 unspecified atom stereocenters. The van der Waals surface area contributed by atoms with Crippen molar-refractivity contribution in [2.45, 2.75) is 0 Å². The Hall–Kier alpha value is -0.780. The molecule has 0 atom stereocenters. The van der Waals surface area contributed by atoms with Crippen LogP contribution in [-0.2, 0) is 0 Å². The van der Waals surface area contributed by atoms with Crippen molar-refractivity contribution in [1.29, 1.82) is 0 Å². The highest BCUT2D eigenvalue weighted by atomic mass is 79.9. The number of nitrogens with two attached hydrogens (primary N) is 1. The van der Waals surface area contributed by atoms with Crippen LogP contribution in [0.1, 0.15) is 0 Å². The van der Waals surface area contributed by atoms with Gasteiger partial charge in [0.15, 0.2) is 10.4 Å². The second-order valence-electron chi connectivity index (χ2n) is 2.76. The number of benzene rings is 1. The van der Waals surface area contributed by atoms with Crippen LogP contribution >= 0.6 is 39.1 Å². The Morgan fingerprint density at radius 2 is 2.00 bits per heavy atom. The van der Waals surface area contributed by atoms with Gasteiger partial charge in [-0.25, -0.2) is 0 Å². The number of anilines is 1. The smallest absolute Gasteiger partial charge is 0.181 e. The zero-order chi connectivity index (χ0) is 11.0. The van der Waals surface area contributed by atoms with Crippen LogP contribution in [0.4, 0.5) is 5.82 Å². The predicted octanol–water partition coefficient (Wildman–Crippen LogP) is 2.92. The van der Waals surface area contributed by atoms with Gasteiger partial charge >= 0.3 is 0 Å². The molecule has 0 saturated carbocycles. The fraction of sp³-hybridized carbons (Fsp3) is 0. The molecule has 0 saturated heterocycles. The Bertz CT molecular complexity index is 492. The number of nitrogen functional groups attached to an aromatic ring is 1. The van der Waals surface area contributed by atoms with E-state index in [-0.39, 0.29) is 0 Å². The van der Waals surface area contributed by atoms with E-state index < -0.39 is 0 Å². The van der Waals surface area contributed by atoms with Crippen molar-refractivity contribution in [3.63, 3.8) is 0 Å². The summed E-state index contributed by atoms with van der Waals surface area (Å²) in [5.74, 6) is 0.306. The van der Waals surface area contributed by atoms with E-state index in [9.17, 15) is 0 Å². The third-order valence-electron chi connectivity index (χ3n) is 1.72. The Labute approximate surface area is 104 Å². The number of nitrogens with zero attached hydrogens (tertiary/aromatic N) is 3. The summed E-state index contributed by atoms with van der Waals surface area (Å²) in [5.41, 5.74) is 6.17. The van der Waals surface area contributed by atoms with Crippen molar-refractivity contribution in [1.82, 2.24) is 15.0 Å². The van der Waals surface area contributed by atoms with Crippen molar-refractivity contribution in [2.75, 3.05) is 5.73 Å². The second-order valence-corrected chi connectivity index (χ2v) is 4.36. The molecule has 0 amide bonds. The van der Waals surface area contributed by atoms with Crippen LogP contribution in [0.25, 0.3) is 5.69 Å². The summed E-state index contributed by atoms with van der Waals surface area (Å²) in [6, 6.07) is 5.04. The van der Waals surface area contributed by atoms with E-state index in [0.29, 0.717) is 26.2 Å². The first kappa shape index (κ1) is 10.7. The predicted molar refractivity (Wildman–Crippen MR) is 63.5 cm³/mol. The summed E-state index contributed by atoms with van der Waals surface area (Å²) in [4.78, 5) is 1.35. The molecule has 0 bridgehead atoms. The topological polar surface area (TPSA) is 56.7 Å². The largest absolute Gasteiger partial charge is 0.380 e. The monoisotopic (exact) mass is 306 g/mol. The van der Waals surface area contributed by atoms with Gasteiger partial charge in [-0.1, -0.05) is 23.2 Å². The van der Waals surface area contributed by atoms with Crippen molar-refractivity contribution in [2.24, 2.45) is 0 Å². The van der Waals surface area contributed by atoms with Gasteiger partial charge in [0, 0.05) is 5.02 Å². The molecule has 78 valence electrons. The van der Waals surface area contributed by atoms with Crippen LogP contribution in [0.15, 0.2) is 22.8 Å². The summed E-state index contributed by atoms with van der Waals surface area (Å²) in [5, 5.41) is 9.04. The molecule has 0 aliphatic heterocycles. The van der Waals surface area contributed by atoms with Gasteiger partial charge in [-0.2, -0.15) is 0 Å². The van der Waals surface area contributed by atoms with Gasteiger partial charge in [0.2, 0.25) is 0 Å². The lowest BCUT2D eigenvalue weighted by Crippen LogP contribution is -2.00. The Kier molecular flexibility index (Phi) is 2.86. The summed E-state index contributed by atoms with van der Waals surface area (Å²) in [7, 11) is 0. The molecule has 2 aromatic rings. The van der Waals surface area contributed by atoms with E-state index >= 15 is 0 Å². The molecular formula is C8H5BrCl2N4. The zero-order valence-electron chi connectivity index (χ0n) is 7.28. The average molecular weight is 308 g/mol. The van der Waals surface area contributed by atoms with Gasteiger partial charge in [0.25, 0.3) is 0 Å². The molecule has 2 N–H and O–H groups in total. The molecule has 1 aromatic carbocycles. The molecular weight excluding hydrogens is 303 g/mol. The van der Waals surface area contributed by atoms with E-state index in [1.165, 1.54) is 4.80 Å². The van der Waals surface area contributed by atoms with Gasteiger partial charge < -0.3 is 5.73 Å². The maximum absolute atomic E-state index is 5.98. The SMILES string of the molecule is Nc1nn(-c2ccc(Cl)cc2Cl)nc1Br. The van der Waals surface area contributed by atoms with E-state index in [1.807, 2.05) is 0 Å². The Balaban J connectivity index is 2.54. The lowest BCUT2D eigenvalue weighted by atomic mass is 10.3. The quantitative estimate of drug-likeness (QED) is 0.881. The van der Waals surface area contributed by atoms with Crippen LogP contribution in [0.3, 0.4) is 0 Å². The highest BCUT2D eigenvalue weighted by molar-refractivity contribution is 9.10. The number of rotatable bonds is 1. The molecule has 0 aliphatic carbocycles. The normalized spacial score (nSPS) is 10.6. The lowest BCUT2D eigenvalue weighted by Gasteiger charge is -2.01. The van der Waals surface area contributed by atoms with Crippen molar-refractivity contribution in [3.8, 4) is 5.69 Å². The highest BCUT2D eigenvalue weighted by Crippen LogP contribution is 2.24. The fourth-order valence-electron chi connectivity index (χ4n) is 1.05. The van der Waals surface area contributed by atoms with Gasteiger partial charge in [0.05, 0.1) is 5.02 Å². The third-order valence-corrected chi connectivity index (χ3v) is 2.82. The number of halogens is 3. The minimum Gasteiger partial charge on any atom is -0.380 e. The first-order valence-corrected chi connectivity index (χ1v) is 5.46. The fourth-order valence-corrected chi connectivity index (χ4v) is 1.76. The van der Waals surface area contributed by atoms with Gasteiger partial charge in [-0.05, 0) is 34.1 Å². The zero-order valence-corrected chi connectivity index (χ0v) is 10.4. The number of hydrogen-bond donors (Lipinski definition) is 1. The molecule has 2 rings (SSSR count). The molecule has 0 aliphatic rings. The van der Waals surface area contributed by atoms with Crippen molar-refractivity contribution >= 4 is 44.9 Å². The maximum atomic E-state index is 5.98. The molecule has 0 fully saturated rings. The van der Waals surface area contributed by atoms with Gasteiger partial charge in [-0.3, -0.25) is 0 Å². The van der Waals surface area contributed by atoms with E-state index in [1.54, 1.807) is 18.2 Å². The highest BCUT2D eigenvalue weighted by Gasteiger charge is 2.09. The second kappa shape index (κ2) is 4.00. The molecule has 0 spiro atoms.